The predicted octanol–water partition coefficient (Wildman–Crippen LogP) is 4.18. The average Bonchev–Trinajstić information content (AvgIpc) is 3.23. The monoisotopic (exact) mass is 385 g/mol. The van der Waals surface area contributed by atoms with Crippen LogP contribution in [0.3, 0.4) is 0 Å². The lowest BCUT2D eigenvalue weighted by molar-refractivity contribution is 0.0939. The van der Waals surface area contributed by atoms with E-state index in [-0.39, 0.29) is 11.9 Å². The van der Waals surface area contributed by atoms with Gasteiger partial charge in [-0.3, -0.25) is 9.48 Å². The summed E-state index contributed by atoms with van der Waals surface area (Å²) in [5, 5.41) is 7.82. The van der Waals surface area contributed by atoms with Crippen LogP contribution in [0.5, 0.6) is 0 Å². The lowest BCUT2D eigenvalue weighted by atomic mass is 10.1. The second-order valence-corrected chi connectivity index (χ2v) is 7.44. The van der Waals surface area contributed by atoms with Gasteiger partial charge in [0.25, 0.3) is 5.91 Å². The van der Waals surface area contributed by atoms with Crippen molar-refractivity contribution in [3.8, 4) is 5.69 Å². The van der Waals surface area contributed by atoms with Crippen LogP contribution < -0.4 is 5.32 Å². The summed E-state index contributed by atoms with van der Waals surface area (Å²) >= 11 is 6.41. The van der Waals surface area contributed by atoms with Crippen LogP contribution in [0.15, 0.2) is 43.0 Å². The second-order valence-electron chi connectivity index (χ2n) is 7.08. The topological polar surface area (TPSA) is 64.7 Å². The van der Waals surface area contributed by atoms with E-state index >= 15 is 0 Å². The summed E-state index contributed by atoms with van der Waals surface area (Å²) < 4.78 is 3.63. The van der Waals surface area contributed by atoms with Crippen molar-refractivity contribution in [3.05, 3.63) is 65.0 Å². The molecule has 27 heavy (non-hydrogen) atoms. The van der Waals surface area contributed by atoms with Gasteiger partial charge in [0.05, 0.1) is 23.6 Å². The smallest absolute Gasteiger partial charge is 0.256 e. The Balaban J connectivity index is 1.73. The molecule has 3 aromatic rings. The molecule has 0 bridgehead atoms. The predicted molar refractivity (Wildman–Crippen MR) is 106 cm³/mol. The summed E-state index contributed by atoms with van der Waals surface area (Å²) in [4.78, 5) is 16.8. The zero-order valence-electron chi connectivity index (χ0n) is 16.0. The number of rotatable bonds is 6. The Bertz CT molecular complexity index is 913. The van der Waals surface area contributed by atoms with Crippen molar-refractivity contribution in [2.75, 3.05) is 0 Å². The largest absolute Gasteiger partial charge is 0.345 e. The Kier molecular flexibility index (Phi) is 5.65. The van der Waals surface area contributed by atoms with Gasteiger partial charge in [-0.2, -0.15) is 5.10 Å². The summed E-state index contributed by atoms with van der Waals surface area (Å²) in [5.41, 5.74) is 3.11. The normalized spacial score (nSPS) is 12.4. The molecular formula is C20H24ClN5O. The highest BCUT2D eigenvalue weighted by Crippen LogP contribution is 2.22. The molecule has 3 rings (SSSR count). The first-order valence-corrected chi connectivity index (χ1v) is 9.36. The molecule has 0 fully saturated rings. The Morgan fingerprint density at radius 1 is 1.22 bits per heavy atom. The van der Waals surface area contributed by atoms with Gasteiger partial charge in [0.1, 0.15) is 5.15 Å². The number of amides is 1. The van der Waals surface area contributed by atoms with Crippen molar-refractivity contribution >= 4 is 17.5 Å². The van der Waals surface area contributed by atoms with E-state index in [2.05, 4.69) is 29.2 Å². The SMILES string of the molecule is Cc1nn(CC(C)C)c(Cl)c1C(=O)N[C@@H](C)c1ccc(-n2ccnc2)cc1. The number of benzene rings is 1. The Morgan fingerprint density at radius 2 is 1.93 bits per heavy atom. The van der Waals surface area contributed by atoms with E-state index in [0.29, 0.717) is 28.9 Å². The molecule has 142 valence electrons. The number of carbonyl (C=O) groups is 1. The molecule has 0 saturated heterocycles. The van der Waals surface area contributed by atoms with E-state index in [1.165, 1.54) is 0 Å². The number of halogens is 1. The summed E-state index contributed by atoms with van der Waals surface area (Å²) in [5.74, 6) is 0.185. The molecule has 1 amide bonds. The Hall–Kier alpha value is -2.60. The van der Waals surface area contributed by atoms with Gasteiger partial charge in [0.2, 0.25) is 0 Å². The number of nitrogens with one attached hydrogen (secondary N) is 1. The molecule has 1 atom stereocenters. The second kappa shape index (κ2) is 7.96. The quantitative estimate of drug-likeness (QED) is 0.692. The van der Waals surface area contributed by atoms with Gasteiger partial charge >= 0.3 is 0 Å². The number of hydrogen-bond donors (Lipinski definition) is 1. The number of hydrogen-bond acceptors (Lipinski definition) is 3. The maximum Gasteiger partial charge on any atom is 0.256 e. The van der Waals surface area contributed by atoms with Crippen molar-refractivity contribution in [1.29, 1.82) is 0 Å². The van der Waals surface area contributed by atoms with Crippen LogP contribution in [0.1, 0.15) is 48.4 Å². The third-order valence-corrected chi connectivity index (χ3v) is 4.76. The van der Waals surface area contributed by atoms with Crippen LogP contribution in [-0.2, 0) is 6.54 Å². The van der Waals surface area contributed by atoms with Crippen molar-refractivity contribution in [3.63, 3.8) is 0 Å². The van der Waals surface area contributed by atoms with Crippen LogP contribution in [0.2, 0.25) is 5.15 Å². The Labute approximate surface area is 164 Å². The molecule has 6 nitrogen and oxygen atoms in total. The highest BCUT2D eigenvalue weighted by molar-refractivity contribution is 6.33. The van der Waals surface area contributed by atoms with E-state index < -0.39 is 0 Å². The lowest BCUT2D eigenvalue weighted by Crippen LogP contribution is -2.27. The minimum absolute atomic E-state index is 0.154. The molecule has 0 radical (unpaired) electrons. The van der Waals surface area contributed by atoms with Gasteiger partial charge in [0.15, 0.2) is 0 Å². The molecule has 1 N–H and O–H groups in total. The molecule has 0 aliphatic heterocycles. The van der Waals surface area contributed by atoms with Gasteiger partial charge in [-0.25, -0.2) is 4.98 Å². The molecule has 0 aliphatic carbocycles. The van der Waals surface area contributed by atoms with E-state index in [9.17, 15) is 4.79 Å². The first kappa shape index (κ1) is 19.2. The van der Waals surface area contributed by atoms with Crippen molar-refractivity contribution in [2.24, 2.45) is 5.92 Å². The zero-order valence-corrected chi connectivity index (χ0v) is 16.7. The fourth-order valence-electron chi connectivity index (χ4n) is 2.98. The van der Waals surface area contributed by atoms with Crippen LogP contribution in [0.25, 0.3) is 5.69 Å². The summed E-state index contributed by atoms with van der Waals surface area (Å²) in [6.45, 7) is 8.61. The van der Waals surface area contributed by atoms with Crippen molar-refractivity contribution in [1.82, 2.24) is 24.6 Å². The number of aromatic nitrogens is 4. The first-order chi connectivity index (χ1) is 12.9. The summed E-state index contributed by atoms with van der Waals surface area (Å²) in [7, 11) is 0. The number of nitrogens with zero attached hydrogens (tertiary/aromatic N) is 4. The summed E-state index contributed by atoms with van der Waals surface area (Å²) in [6.07, 6.45) is 5.38. The molecule has 1 aromatic carbocycles. The maximum absolute atomic E-state index is 12.8. The highest BCUT2D eigenvalue weighted by Gasteiger charge is 2.22. The minimum Gasteiger partial charge on any atom is -0.345 e. The van der Waals surface area contributed by atoms with Crippen LogP contribution in [-0.4, -0.2) is 25.2 Å². The van der Waals surface area contributed by atoms with Gasteiger partial charge in [-0.05, 0) is 37.5 Å². The molecule has 2 aromatic heterocycles. The van der Waals surface area contributed by atoms with E-state index in [4.69, 9.17) is 11.6 Å². The van der Waals surface area contributed by atoms with Crippen molar-refractivity contribution in [2.45, 2.75) is 40.3 Å². The Morgan fingerprint density at radius 3 is 2.52 bits per heavy atom. The maximum atomic E-state index is 12.8. The zero-order chi connectivity index (χ0) is 19.6. The molecular weight excluding hydrogens is 362 g/mol. The van der Waals surface area contributed by atoms with Gasteiger partial charge < -0.3 is 9.88 Å². The van der Waals surface area contributed by atoms with Crippen LogP contribution in [0, 0.1) is 12.8 Å². The summed E-state index contributed by atoms with van der Waals surface area (Å²) in [6, 6.07) is 7.84. The third-order valence-electron chi connectivity index (χ3n) is 4.37. The first-order valence-electron chi connectivity index (χ1n) is 8.99. The molecule has 0 aliphatic rings. The minimum atomic E-state index is -0.210. The van der Waals surface area contributed by atoms with Gasteiger partial charge in [-0.1, -0.05) is 37.6 Å². The van der Waals surface area contributed by atoms with E-state index in [0.717, 1.165) is 11.3 Å². The van der Waals surface area contributed by atoms with E-state index in [1.807, 2.05) is 48.9 Å². The van der Waals surface area contributed by atoms with Gasteiger partial charge in [-0.15, -0.1) is 0 Å². The molecule has 0 saturated carbocycles. The third kappa shape index (κ3) is 4.22. The highest BCUT2D eigenvalue weighted by atomic mass is 35.5. The molecule has 0 spiro atoms. The molecule has 2 heterocycles. The molecule has 0 unspecified atom stereocenters. The van der Waals surface area contributed by atoms with E-state index in [1.54, 1.807) is 17.2 Å². The molecule has 7 heteroatoms. The number of imidazole rings is 1. The van der Waals surface area contributed by atoms with Crippen molar-refractivity contribution < 1.29 is 4.79 Å². The fourth-order valence-corrected chi connectivity index (χ4v) is 3.31. The standard InChI is InChI=1S/C20H24ClN5O/c1-13(2)11-26-19(21)18(15(4)24-26)20(27)23-14(3)16-5-7-17(8-6-16)25-10-9-22-12-25/h5-10,12-14H,11H2,1-4H3,(H,23,27)/t14-/m0/s1. The lowest BCUT2D eigenvalue weighted by Gasteiger charge is -2.15. The van der Waals surface area contributed by atoms with Crippen LogP contribution >= 0.6 is 11.6 Å². The van der Waals surface area contributed by atoms with Gasteiger partial charge in [0, 0.05) is 24.6 Å². The number of carbonyl (C=O) groups excluding carboxylic acids is 1. The number of aryl methyl sites for hydroxylation is 1. The van der Waals surface area contributed by atoms with Crippen LogP contribution in [0.4, 0.5) is 0 Å². The fraction of sp³-hybridized carbons (Fsp3) is 0.350. The average molecular weight is 386 g/mol.